The standard InChI is InChI=1S/C15H23NO3.C13H20ClNO2.ClH/c1-10(17)16-15-7-12(2)4-13(3,8-15)6-14(5-12,9-15)11(18)19;1-10-3-11(2)5-12(4-10,9(16)17)8-13(6-10,7-11)15-14;/h4-9H2,1-3H3,(H,16,17)(H,18,19);15H,3-8H2,1-2H3,(H,16,17);1H. The number of carbonyl (C=O) groups is 3. The lowest BCUT2D eigenvalue weighted by Crippen LogP contribution is -2.69. The van der Waals surface area contributed by atoms with Crippen LogP contribution in [0, 0.1) is 32.5 Å². The third kappa shape index (κ3) is 4.59. The third-order valence-electron chi connectivity index (χ3n) is 10.7. The van der Waals surface area contributed by atoms with Crippen molar-refractivity contribution in [1.82, 2.24) is 10.2 Å². The summed E-state index contributed by atoms with van der Waals surface area (Å²) >= 11 is 5.97. The lowest BCUT2D eigenvalue weighted by molar-refractivity contribution is -0.194. The minimum Gasteiger partial charge on any atom is -0.481 e. The minimum absolute atomic E-state index is 0. The number of nitrogens with one attached hydrogen (secondary N) is 2. The first-order valence-electron chi connectivity index (χ1n) is 13.5. The first-order valence-corrected chi connectivity index (χ1v) is 13.9. The summed E-state index contributed by atoms with van der Waals surface area (Å²) in [5, 5.41) is 22.5. The molecule has 8 aliphatic carbocycles. The molecule has 1 amide bonds. The number of aliphatic carboxylic acids is 2. The van der Waals surface area contributed by atoms with Crippen molar-refractivity contribution >= 4 is 42.0 Å². The van der Waals surface area contributed by atoms with Crippen molar-refractivity contribution in [2.45, 2.75) is 123 Å². The van der Waals surface area contributed by atoms with E-state index in [0.717, 1.165) is 64.2 Å². The van der Waals surface area contributed by atoms with Crippen molar-refractivity contribution < 1.29 is 24.6 Å². The number of hydrogen-bond acceptors (Lipinski definition) is 4. The molecule has 7 nitrogen and oxygen atoms in total. The summed E-state index contributed by atoms with van der Waals surface area (Å²) < 4.78 is 0. The second-order valence-corrected chi connectivity index (χ2v) is 16.1. The smallest absolute Gasteiger partial charge is 0.309 e. The van der Waals surface area contributed by atoms with Crippen molar-refractivity contribution in [1.29, 1.82) is 0 Å². The maximum Gasteiger partial charge on any atom is 0.309 e. The molecule has 8 saturated carbocycles. The topological polar surface area (TPSA) is 116 Å². The molecule has 8 bridgehead atoms. The van der Waals surface area contributed by atoms with Crippen LogP contribution < -0.4 is 10.2 Å². The highest BCUT2D eigenvalue weighted by Gasteiger charge is 2.69. The summed E-state index contributed by atoms with van der Waals surface area (Å²) in [7, 11) is 0. The largest absolute Gasteiger partial charge is 0.481 e. The molecule has 0 radical (unpaired) electrons. The van der Waals surface area contributed by atoms with Gasteiger partial charge in [-0.15, -0.1) is 12.4 Å². The zero-order valence-corrected chi connectivity index (χ0v) is 24.5. The Kier molecular flexibility index (Phi) is 6.44. The fraction of sp³-hybridized carbons (Fsp3) is 0.893. The summed E-state index contributed by atoms with van der Waals surface area (Å²) in [6, 6.07) is 0. The van der Waals surface area contributed by atoms with Gasteiger partial charge in [-0.2, -0.15) is 0 Å². The minimum atomic E-state index is -0.668. The van der Waals surface area contributed by atoms with Gasteiger partial charge in [-0.05, 0) is 110 Å². The van der Waals surface area contributed by atoms with Gasteiger partial charge >= 0.3 is 11.9 Å². The lowest BCUT2D eigenvalue weighted by atomic mass is 9.38. The van der Waals surface area contributed by atoms with Gasteiger partial charge < -0.3 is 15.5 Å². The van der Waals surface area contributed by atoms with Crippen molar-refractivity contribution in [2.75, 3.05) is 0 Å². The number of halogens is 2. The lowest BCUT2D eigenvalue weighted by Gasteiger charge is -2.68. The van der Waals surface area contributed by atoms with E-state index in [-0.39, 0.29) is 51.1 Å². The zero-order chi connectivity index (χ0) is 26.6. The van der Waals surface area contributed by atoms with Crippen LogP contribution in [0.25, 0.3) is 0 Å². The fourth-order valence-corrected chi connectivity index (χ4v) is 12.7. The first-order chi connectivity index (χ1) is 16.3. The van der Waals surface area contributed by atoms with Gasteiger partial charge in [0.05, 0.1) is 10.8 Å². The van der Waals surface area contributed by atoms with E-state index in [0.29, 0.717) is 12.8 Å². The summed E-state index contributed by atoms with van der Waals surface area (Å²) in [5.41, 5.74) is -1.20. The molecule has 8 fully saturated rings. The molecule has 8 rings (SSSR count). The van der Waals surface area contributed by atoms with E-state index in [1.54, 1.807) is 0 Å². The normalized spacial score (nSPS) is 52.1. The highest BCUT2D eigenvalue weighted by atomic mass is 35.5. The van der Waals surface area contributed by atoms with Crippen LogP contribution in [0.15, 0.2) is 0 Å². The maximum absolute atomic E-state index is 11.9. The van der Waals surface area contributed by atoms with Crippen molar-refractivity contribution in [3.63, 3.8) is 0 Å². The van der Waals surface area contributed by atoms with Gasteiger partial charge in [0.25, 0.3) is 0 Å². The summed E-state index contributed by atoms with van der Waals surface area (Å²) in [5.74, 6) is -1.32. The summed E-state index contributed by atoms with van der Waals surface area (Å²) in [4.78, 5) is 38.1. The molecule has 37 heavy (non-hydrogen) atoms. The van der Waals surface area contributed by atoms with Gasteiger partial charge in [0.1, 0.15) is 0 Å². The SMILES string of the molecule is CC(=O)NC12CC3(C)CC(C)(C1)CC(C(=O)O)(C3)C2.CC12CC3(C)CC(NCl)(C1)CC(C(=O)O)(C2)C3.Cl. The van der Waals surface area contributed by atoms with Gasteiger partial charge in [0.15, 0.2) is 0 Å². The molecule has 0 aromatic carbocycles. The van der Waals surface area contributed by atoms with Crippen LogP contribution in [0.5, 0.6) is 0 Å². The van der Waals surface area contributed by atoms with Crippen LogP contribution in [-0.2, 0) is 14.4 Å². The number of rotatable bonds is 4. The maximum atomic E-state index is 11.9. The second-order valence-electron chi connectivity index (χ2n) is 15.9. The Morgan fingerprint density at radius 3 is 1.22 bits per heavy atom. The quantitative estimate of drug-likeness (QED) is 0.330. The van der Waals surface area contributed by atoms with E-state index in [1.807, 2.05) is 0 Å². The van der Waals surface area contributed by atoms with E-state index in [9.17, 15) is 24.6 Å². The van der Waals surface area contributed by atoms with Crippen molar-refractivity contribution in [2.24, 2.45) is 32.5 Å². The molecule has 0 spiro atoms. The highest BCUT2D eigenvalue weighted by molar-refractivity contribution is 6.14. The Labute approximate surface area is 231 Å². The monoisotopic (exact) mass is 558 g/mol. The molecule has 9 heteroatoms. The van der Waals surface area contributed by atoms with E-state index in [4.69, 9.17) is 11.8 Å². The Morgan fingerprint density at radius 1 is 0.595 bits per heavy atom. The molecule has 0 heterocycles. The van der Waals surface area contributed by atoms with Gasteiger partial charge in [-0.25, -0.2) is 4.84 Å². The van der Waals surface area contributed by atoms with Gasteiger partial charge in [-0.1, -0.05) is 27.7 Å². The van der Waals surface area contributed by atoms with Crippen LogP contribution in [0.2, 0.25) is 0 Å². The van der Waals surface area contributed by atoms with Crippen molar-refractivity contribution in [3.8, 4) is 0 Å². The number of hydrogen-bond donors (Lipinski definition) is 4. The van der Waals surface area contributed by atoms with E-state index >= 15 is 0 Å². The Hall–Kier alpha value is -1.05. The zero-order valence-electron chi connectivity index (χ0n) is 22.9. The van der Waals surface area contributed by atoms with Crippen LogP contribution in [0.3, 0.4) is 0 Å². The fourth-order valence-electron chi connectivity index (χ4n) is 12.5. The predicted octanol–water partition coefficient (Wildman–Crippen LogP) is 5.68. The molecular weight excluding hydrogens is 515 g/mol. The molecule has 4 atom stereocenters. The molecule has 0 aliphatic heterocycles. The average molecular weight is 560 g/mol. The van der Waals surface area contributed by atoms with Crippen LogP contribution in [-0.4, -0.2) is 39.1 Å². The molecule has 0 aromatic rings. The van der Waals surface area contributed by atoms with E-state index < -0.39 is 22.8 Å². The summed E-state index contributed by atoms with van der Waals surface area (Å²) in [6.07, 6.45) is 10.7. The van der Waals surface area contributed by atoms with E-state index in [2.05, 4.69) is 37.8 Å². The van der Waals surface area contributed by atoms with Crippen molar-refractivity contribution in [3.05, 3.63) is 0 Å². The second kappa shape index (κ2) is 8.23. The molecule has 8 aliphatic rings. The highest BCUT2D eigenvalue weighted by Crippen LogP contribution is 2.72. The Bertz CT molecular complexity index is 994. The van der Waals surface area contributed by atoms with Gasteiger partial charge in [0, 0.05) is 18.0 Å². The van der Waals surface area contributed by atoms with E-state index in [1.165, 1.54) is 6.92 Å². The molecule has 4 unspecified atom stereocenters. The Morgan fingerprint density at radius 2 is 0.919 bits per heavy atom. The molecule has 0 aromatic heterocycles. The first kappa shape index (κ1) is 28.9. The van der Waals surface area contributed by atoms with Crippen LogP contribution in [0.1, 0.15) is 112 Å². The average Bonchev–Trinajstić information content (AvgIpc) is 2.61. The molecule has 4 N–H and O–H groups in total. The number of carboxylic acids is 2. The predicted molar refractivity (Wildman–Crippen MR) is 143 cm³/mol. The molecular formula is C28H44Cl2N2O5. The number of carbonyl (C=O) groups excluding carboxylic acids is 1. The van der Waals surface area contributed by atoms with Crippen LogP contribution >= 0.6 is 24.2 Å². The number of amides is 1. The third-order valence-corrected chi connectivity index (χ3v) is 11.1. The Balaban J connectivity index is 0.000000169. The van der Waals surface area contributed by atoms with Gasteiger partial charge in [0.2, 0.25) is 5.91 Å². The number of carboxylic acid groups (broad SMARTS) is 2. The molecule has 0 saturated heterocycles. The van der Waals surface area contributed by atoms with Crippen LogP contribution in [0.4, 0.5) is 0 Å². The summed E-state index contributed by atoms with van der Waals surface area (Å²) in [6.45, 7) is 10.4. The van der Waals surface area contributed by atoms with Gasteiger partial charge in [-0.3, -0.25) is 14.4 Å². The molecule has 210 valence electrons.